The van der Waals surface area contributed by atoms with Crippen LogP contribution in [0.3, 0.4) is 0 Å². The molecule has 0 bridgehead atoms. The van der Waals surface area contributed by atoms with Crippen molar-refractivity contribution < 1.29 is 23.9 Å². The van der Waals surface area contributed by atoms with E-state index in [9.17, 15) is 19.2 Å². The fourth-order valence-electron chi connectivity index (χ4n) is 2.57. The standard InChI is InChI=1S/C17H21N3O5/c1-3-11-4-6-13(7-5-11)20-9-12(8-14(20)21)16(23)25-10(2)15(22)19-17(18)24/h4-7,10,12H,3,8-9H2,1-2H3,(H3,18,19,22,24)/t10-,12+/m1/s1. The number of carbonyl (C=O) groups excluding carboxylic acids is 4. The minimum Gasteiger partial charge on any atom is -0.452 e. The number of amides is 4. The van der Waals surface area contributed by atoms with Crippen molar-refractivity contribution in [3.63, 3.8) is 0 Å². The van der Waals surface area contributed by atoms with Crippen molar-refractivity contribution in [1.82, 2.24) is 5.32 Å². The van der Waals surface area contributed by atoms with E-state index in [4.69, 9.17) is 10.5 Å². The Morgan fingerprint density at radius 1 is 1.32 bits per heavy atom. The smallest absolute Gasteiger partial charge is 0.318 e. The Balaban J connectivity index is 1.97. The van der Waals surface area contributed by atoms with Crippen LogP contribution in [0.1, 0.15) is 25.8 Å². The summed E-state index contributed by atoms with van der Waals surface area (Å²) in [6, 6.07) is 6.53. The van der Waals surface area contributed by atoms with Gasteiger partial charge in [-0.25, -0.2) is 4.79 Å². The number of anilines is 1. The van der Waals surface area contributed by atoms with Crippen molar-refractivity contribution in [2.24, 2.45) is 11.7 Å². The highest BCUT2D eigenvalue weighted by Gasteiger charge is 2.37. The number of rotatable bonds is 5. The van der Waals surface area contributed by atoms with Crippen molar-refractivity contribution in [1.29, 1.82) is 0 Å². The van der Waals surface area contributed by atoms with Crippen molar-refractivity contribution in [2.75, 3.05) is 11.4 Å². The molecule has 0 spiro atoms. The summed E-state index contributed by atoms with van der Waals surface area (Å²) in [5.41, 5.74) is 6.72. The number of benzene rings is 1. The van der Waals surface area contributed by atoms with E-state index in [1.807, 2.05) is 36.5 Å². The fourth-order valence-corrected chi connectivity index (χ4v) is 2.57. The van der Waals surface area contributed by atoms with Crippen LogP contribution in [0.5, 0.6) is 0 Å². The van der Waals surface area contributed by atoms with Crippen LogP contribution >= 0.6 is 0 Å². The molecule has 0 saturated carbocycles. The van der Waals surface area contributed by atoms with E-state index in [-0.39, 0.29) is 18.9 Å². The molecule has 8 heteroatoms. The second kappa shape index (κ2) is 7.78. The molecule has 0 aliphatic carbocycles. The zero-order chi connectivity index (χ0) is 18.6. The van der Waals surface area contributed by atoms with Gasteiger partial charge in [0, 0.05) is 18.7 Å². The van der Waals surface area contributed by atoms with Gasteiger partial charge in [-0.1, -0.05) is 19.1 Å². The fraction of sp³-hybridized carbons (Fsp3) is 0.412. The molecule has 0 radical (unpaired) electrons. The Bertz CT molecular complexity index is 686. The van der Waals surface area contributed by atoms with Gasteiger partial charge in [0.25, 0.3) is 5.91 Å². The van der Waals surface area contributed by atoms with E-state index in [1.54, 1.807) is 0 Å². The van der Waals surface area contributed by atoms with E-state index in [0.29, 0.717) is 0 Å². The highest BCUT2D eigenvalue weighted by Crippen LogP contribution is 2.26. The topological polar surface area (TPSA) is 119 Å². The average molecular weight is 347 g/mol. The lowest BCUT2D eigenvalue weighted by atomic mass is 10.1. The molecule has 0 unspecified atom stereocenters. The van der Waals surface area contributed by atoms with Crippen LogP contribution in [0, 0.1) is 5.92 Å². The van der Waals surface area contributed by atoms with Gasteiger partial charge in [0.05, 0.1) is 5.92 Å². The second-order valence-electron chi connectivity index (χ2n) is 5.86. The molecule has 1 heterocycles. The van der Waals surface area contributed by atoms with E-state index in [0.717, 1.165) is 17.7 Å². The molecule has 1 aliphatic heterocycles. The third-order valence-electron chi connectivity index (χ3n) is 4.02. The van der Waals surface area contributed by atoms with Crippen LogP contribution in [0.25, 0.3) is 0 Å². The second-order valence-corrected chi connectivity index (χ2v) is 5.86. The van der Waals surface area contributed by atoms with Gasteiger partial charge in [-0.2, -0.15) is 0 Å². The molecule has 4 amide bonds. The number of nitrogens with one attached hydrogen (secondary N) is 1. The lowest BCUT2D eigenvalue weighted by Gasteiger charge is -2.18. The predicted molar refractivity (Wildman–Crippen MR) is 89.6 cm³/mol. The third-order valence-corrected chi connectivity index (χ3v) is 4.02. The molecule has 1 fully saturated rings. The van der Waals surface area contributed by atoms with E-state index in [2.05, 4.69) is 0 Å². The lowest BCUT2D eigenvalue weighted by molar-refractivity contribution is -0.158. The number of hydrogen-bond acceptors (Lipinski definition) is 5. The number of urea groups is 1. The van der Waals surface area contributed by atoms with Gasteiger partial charge in [-0.3, -0.25) is 19.7 Å². The largest absolute Gasteiger partial charge is 0.452 e. The number of ether oxygens (including phenoxy) is 1. The Morgan fingerprint density at radius 3 is 2.52 bits per heavy atom. The molecule has 2 atom stereocenters. The number of esters is 1. The monoisotopic (exact) mass is 347 g/mol. The number of aryl methyl sites for hydroxylation is 1. The van der Waals surface area contributed by atoms with Gasteiger partial charge in [0.1, 0.15) is 0 Å². The lowest BCUT2D eigenvalue weighted by Crippen LogP contribution is -2.42. The Hall–Kier alpha value is -2.90. The number of carbonyl (C=O) groups is 4. The Labute approximate surface area is 145 Å². The summed E-state index contributed by atoms with van der Waals surface area (Å²) in [6.45, 7) is 3.55. The molecule has 8 nitrogen and oxygen atoms in total. The number of imide groups is 1. The SMILES string of the molecule is CCc1ccc(N2C[C@@H](C(=O)O[C@H](C)C(=O)NC(N)=O)CC2=O)cc1. The molecule has 134 valence electrons. The highest BCUT2D eigenvalue weighted by atomic mass is 16.5. The normalized spacial score (nSPS) is 17.9. The van der Waals surface area contributed by atoms with Crippen LogP contribution in [-0.2, 0) is 25.5 Å². The predicted octanol–water partition coefficient (Wildman–Crippen LogP) is 0.728. The molecule has 1 aromatic rings. The first-order valence-electron chi connectivity index (χ1n) is 8.02. The molecule has 1 saturated heterocycles. The Morgan fingerprint density at radius 2 is 1.96 bits per heavy atom. The highest BCUT2D eigenvalue weighted by molar-refractivity contribution is 6.00. The van der Waals surface area contributed by atoms with Crippen molar-refractivity contribution in [3.8, 4) is 0 Å². The average Bonchev–Trinajstić information content (AvgIpc) is 2.96. The van der Waals surface area contributed by atoms with E-state index < -0.39 is 29.9 Å². The molecule has 2 rings (SSSR count). The van der Waals surface area contributed by atoms with Crippen molar-refractivity contribution in [2.45, 2.75) is 32.8 Å². The zero-order valence-corrected chi connectivity index (χ0v) is 14.2. The van der Waals surface area contributed by atoms with Crippen LogP contribution < -0.4 is 16.0 Å². The van der Waals surface area contributed by atoms with E-state index >= 15 is 0 Å². The number of nitrogens with zero attached hydrogens (tertiary/aromatic N) is 1. The maximum absolute atomic E-state index is 12.2. The van der Waals surface area contributed by atoms with Crippen molar-refractivity contribution >= 4 is 29.5 Å². The van der Waals surface area contributed by atoms with Crippen LogP contribution in [-0.4, -0.2) is 36.5 Å². The van der Waals surface area contributed by atoms with Gasteiger partial charge < -0.3 is 15.4 Å². The summed E-state index contributed by atoms with van der Waals surface area (Å²) in [4.78, 5) is 48.1. The molecular formula is C17H21N3O5. The molecule has 1 aliphatic rings. The van der Waals surface area contributed by atoms with Crippen molar-refractivity contribution in [3.05, 3.63) is 29.8 Å². The zero-order valence-electron chi connectivity index (χ0n) is 14.2. The number of primary amides is 1. The quantitative estimate of drug-likeness (QED) is 0.761. The number of hydrogen-bond donors (Lipinski definition) is 2. The molecule has 3 N–H and O–H groups in total. The molecule has 0 aromatic heterocycles. The molecular weight excluding hydrogens is 326 g/mol. The summed E-state index contributed by atoms with van der Waals surface area (Å²) in [6.07, 6.45) is -0.263. The summed E-state index contributed by atoms with van der Waals surface area (Å²) < 4.78 is 5.03. The summed E-state index contributed by atoms with van der Waals surface area (Å²) in [5, 5.41) is 1.84. The van der Waals surface area contributed by atoms with Gasteiger partial charge in [0.15, 0.2) is 6.10 Å². The number of nitrogens with two attached hydrogens (primary N) is 1. The van der Waals surface area contributed by atoms with Crippen LogP contribution in [0.2, 0.25) is 0 Å². The first-order chi connectivity index (χ1) is 11.8. The summed E-state index contributed by atoms with van der Waals surface area (Å²) >= 11 is 0. The minimum absolute atomic E-state index is 0.0124. The first kappa shape index (κ1) is 18.4. The molecule has 1 aromatic carbocycles. The summed E-state index contributed by atoms with van der Waals surface area (Å²) in [5.74, 6) is -2.31. The maximum Gasteiger partial charge on any atom is 0.318 e. The third kappa shape index (κ3) is 4.56. The molecule has 25 heavy (non-hydrogen) atoms. The Kier molecular flexibility index (Phi) is 5.74. The first-order valence-corrected chi connectivity index (χ1v) is 8.02. The summed E-state index contributed by atoms with van der Waals surface area (Å²) in [7, 11) is 0. The van der Waals surface area contributed by atoms with Gasteiger partial charge >= 0.3 is 12.0 Å². The van der Waals surface area contributed by atoms with E-state index in [1.165, 1.54) is 11.8 Å². The van der Waals surface area contributed by atoms with Gasteiger partial charge in [-0.15, -0.1) is 0 Å². The van der Waals surface area contributed by atoms with Crippen LogP contribution in [0.4, 0.5) is 10.5 Å². The van der Waals surface area contributed by atoms with Gasteiger partial charge in [0.2, 0.25) is 5.91 Å². The maximum atomic E-state index is 12.2. The van der Waals surface area contributed by atoms with Gasteiger partial charge in [-0.05, 0) is 31.0 Å². The van der Waals surface area contributed by atoms with Crippen LogP contribution in [0.15, 0.2) is 24.3 Å². The minimum atomic E-state index is -1.17.